The lowest BCUT2D eigenvalue weighted by Gasteiger charge is -2.12. The summed E-state index contributed by atoms with van der Waals surface area (Å²) in [6, 6.07) is 17.3. The van der Waals surface area contributed by atoms with Gasteiger partial charge in [-0.05, 0) is 23.3 Å². The number of halogens is 1. The zero-order chi connectivity index (χ0) is 13.5. The zero-order valence-corrected chi connectivity index (χ0v) is 11.2. The molecular weight excluding hydrogens is 260 g/mol. The van der Waals surface area contributed by atoms with E-state index in [4.69, 9.17) is 16.3 Å². The number of hydrogen-bond acceptors (Lipinski definition) is 2. The Bertz CT molecular complexity index is 508. The predicted octanol–water partition coefficient (Wildman–Crippen LogP) is 3.64. The monoisotopic (exact) mass is 274 g/mol. The molecule has 2 rings (SSSR count). The molecule has 2 aromatic rings. The average molecular weight is 275 g/mol. The van der Waals surface area contributed by atoms with Crippen LogP contribution in [0.5, 0.6) is 5.75 Å². The van der Waals surface area contributed by atoms with Crippen molar-refractivity contribution in [1.82, 2.24) is 0 Å². The summed E-state index contributed by atoms with van der Waals surface area (Å²) in [5, 5.41) is 0. The van der Waals surface area contributed by atoms with Crippen molar-refractivity contribution in [3.63, 3.8) is 0 Å². The highest BCUT2D eigenvalue weighted by Crippen LogP contribution is 2.24. The summed E-state index contributed by atoms with van der Waals surface area (Å²) in [6.45, 7) is 0.483. The second-order valence-corrected chi connectivity index (χ2v) is 4.51. The molecule has 0 unspecified atom stereocenters. The van der Waals surface area contributed by atoms with Crippen molar-refractivity contribution in [2.75, 3.05) is 12.5 Å². The van der Waals surface area contributed by atoms with Crippen LogP contribution in [0.2, 0.25) is 0 Å². The SMILES string of the molecule is O=C[C@@H](c1ccccc1)c1ccc(OCCCl)cc1. The van der Waals surface area contributed by atoms with Crippen molar-refractivity contribution in [3.05, 3.63) is 65.7 Å². The number of carbonyl (C=O) groups is 1. The standard InChI is InChI=1S/C16H15ClO2/c17-10-11-19-15-8-6-14(7-9-15)16(12-18)13-4-2-1-3-5-13/h1-9,12,16H,10-11H2/t16-/m0/s1. The summed E-state index contributed by atoms with van der Waals surface area (Å²) >= 11 is 5.56. The molecule has 0 fully saturated rings. The van der Waals surface area contributed by atoms with Gasteiger partial charge in [-0.15, -0.1) is 11.6 Å². The van der Waals surface area contributed by atoms with Gasteiger partial charge in [-0.25, -0.2) is 0 Å². The Morgan fingerprint density at radius 1 is 1.00 bits per heavy atom. The van der Waals surface area contributed by atoms with Gasteiger partial charge in [-0.3, -0.25) is 0 Å². The van der Waals surface area contributed by atoms with Crippen LogP contribution in [0.15, 0.2) is 54.6 Å². The van der Waals surface area contributed by atoms with E-state index in [2.05, 4.69) is 0 Å². The smallest absolute Gasteiger partial charge is 0.131 e. The first-order chi connectivity index (χ1) is 9.35. The van der Waals surface area contributed by atoms with E-state index in [1.54, 1.807) is 0 Å². The summed E-state index contributed by atoms with van der Waals surface area (Å²) in [5.41, 5.74) is 1.95. The number of benzene rings is 2. The zero-order valence-electron chi connectivity index (χ0n) is 10.5. The van der Waals surface area contributed by atoms with Crippen LogP contribution < -0.4 is 4.74 Å². The number of ether oxygens (including phenoxy) is 1. The van der Waals surface area contributed by atoms with E-state index >= 15 is 0 Å². The van der Waals surface area contributed by atoms with E-state index in [1.807, 2.05) is 54.6 Å². The summed E-state index contributed by atoms with van der Waals surface area (Å²) in [5.74, 6) is 0.994. The van der Waals surface area contributed by atoms with Crippen molar-refractivity contribution in [3.8, 4) is 5.75 Å². The first-order valence-corrected chi connectivity index (χ1v) is 6.67. The lowest BCUT2D eigenvalue weighted by atomic mass is 9.93. The second kappa shape index (κ2) is 6.95. The Kier molecular flexibility index (Phi) is 4.99. The fourth-order valence-corrected chi connectivity index (χ4v) is 2.01. The maximum absolute atomic E-state index is 11.3. The lowest BCUT2D eigenvalue weighted by Crippen LogP contribution is -2.03. The summed E-state index contributed by atoms with van der Waals surface area (Å²) in [4.78, 5) is 11.3. The highest BCUT2D eigenvalue weighted by Gasteiger charge is 2.12. The van der Waals surface area contributed by atoms with E-state index in [0.717, 1.165) is 23.2 Å². The fraction of sp³-hybridized carbons (Fsp3) is 0.188. The molecule has 2 aromatic carbocycles. The Balaban J connectivity index is 2.18. The van der Waals surface area contributed by atoms with Gasteiger partial charge in [-0.1, -0.05) is 42.5 Å². The van der Waals surface area contributed by atoms with Crippen molar-refractivity contribution < 1.29 is 9.53 Å². The molecule has 0 spiro atoms. The second-order valence-electron chi connectivity index (χ2n) is 4.13. The van der Waals surface area contributed by atoms with Crippen LogP contribution in [-0.4, -0.2) is 18.8 Å². The molecule has 0 radical (unpaired) electrons. The number of alkyl halides is 1. The molecule has 98 valence electrons. The first-order valence-electron chi connectivity index (χ1n) is 6.14. The van der Waals surface area contributed by atoms with Gasteiger partial charge in [0, 0.05) is 0 Å². The van der Waals surface area contributed by atoms with Crippen molar-refractivity contribution >= 4 is 17.9 Å². The van der Waals surface area contributed by atoms with Crippen molar-refractivity contribution in [2.45, 2.75) is 5.92 Å². The molecule has 0 amide bonds. The highest BCUT2D eigenvalue weighted by molar-refractivity contribution is 6.18. The third-order valence-corrected chi connectivity index (χ3v) is 3.03. The molecule has 2 nitrogen and oxygen atoms in total. The molecule has 0 aromatic heterocycles. The molecule has 0 N–H and O–H groups in total. The van der Waals surface area contributed by atoms with Crippen LogP contribution in [-0.2, 0) is 4.79 Å². The first kappa shape index (κ1) is 13.6. The Hall–Kier alpha value is -1.80. The topological polar surface area (TPSA) is 26.3 Å². The van der Waals surface area contributed by atoms with E-state index in [9.17, 15) is 4.79 Å². The lowest BCUT2D eigenvalue weighted by molar-refractivity contribution is -0.108. The molecule has 0 aliphatic carbocycles. The average Bonchev–Trinajstić information content (AvgIpc) is 2.48. The Morgan fingerprint density at radius 2 is 1.63 bits per heavy atom. The largest absolute Gasteiger partial charge is 0.492 e. The van der Waals surface area contributed by atoms with Gasteiger partial charge in [0.2, 0.25) is 0 Å². The molecular formula is C16H15ClO2. The normalized spacial score (nSPS) is 11.8. The molecule has 3 heteroatoms. The quantitative estimate of drug-likeness (QED) is 0.594. The molecule has 0 saturated heterocycles. The molecule has 0 aliphatic heterocycles. The predicted molar refractivity (Wildman–Crippen MR) is 77.0 cm³/mol. The molecule has 1 atom stereocenters. The summed E-state index contributed by atoms with van der Waals surface area (Å²) in [6.07, 6.45) is 0.962. The highest BCUT2D eigenvalue weighted by atomic mass is 35.5. The summed E-state index contributed by atoms with van der Waals surface area (Å²) in [7, 11) is 0. The van der Waals surface area contributed by atoms with E-state index in [-0.39, 0.29) is 5.92 Å². The summed E-state index contributed by atoms with van der Waals surface area (Å²) < 4.78 is 5.41. The van der Waals surface area contributed by atoms with Gasteiger partial charge in [0.05, 0.1) is 11.8 Å². The van der Waals surface area contributed by atoms with Crippen LogP contribution in [0.25, 0.3) is 0 Å². The van der Waals surface area contributed by atoms with Crippen LogP contribution in [0.4, 0.5) is 0 Å². The van der Waals surface area contributed by atoms with E-state index < -0.39 is 0 Å². The number of carbonyl (C=O) groups excluding carboxylic acids is 1. The third kappa shape index (κ3) is 3.58. The minimum Gasteiger partial charge on any atom is -0.492 e. The van der Waals surface area contributed by atoms with Gasteiger partial charge >= 0.3 is 0 Å². The maximum Gasteiger partial charge on any atom is 0.131 e. The molecule has 0 saturated carbocycles. The van der Waals surface area contributed by atoms with E-state index in [1.165, 1.54) is 0 Å². The Morgan fingerprint density at radius 3 is 2.21 bits per heavy atom. The van der Waals surface area contributed by atoms with Gasteiger partial charge in [0.15, 0.2) is 0 Å². The third-order valence-electron chi connectivity index (χ3n) is 2.88. The Labute approximate surface area is 118 Å². The van der Waals surface area contributed by atoms with Crippen LogP contribution >= 0.6 is 11.6 Å². The molecule has 0 heterocycles. The van der Waals surface area contributed by atoms with Gasteiger partial charge in [-0.2, -0.15) is 0 Å². The number of aldehydes is 1. The minimum absolute atomic E-state index is 0.233. The van der Waals surface area contributed by atoms with E-state index in [0.29, 0.717) is 12.5 Å². The number of rotatable bonds is 6. The van der Waals surface area contributed by atoms with Crippen LogP contribution in [0, 0.1) is 0 Å². The molecule has 19 heavy (non-hydrogen) atoms. The van der Waals surface area contributed by atoms with Crippen LogP contribution in [0.1, 0.15) is 17.0 Å². The van der Waals surface area contributed by atoms with Crippen LogP contribution in [0.3, 0.4) is 0 Å². The van der Waals surface area contributed by atoms with Gasteiger partial charge in [0.1, 0.15) is 18.6 Å². The maximum atomic E-state index is 11.3. The van der Waals surface area contributed by atoms with Crippen molar-refractivity contribution in [1.29, 1.82) is 0 Å². The molecule has 0 aliphatic rings. The minimum atomic E-state index is -0.233. The van der Waals surface area contributed by atoms with Gasteiger partial charge in [0.25, 0.3) is 0 Å². The van der Waals surface area contributed by atoms with Gasteiger partial charge < -0.3 is 9.53 Å². The number of hydrogen-bond donors (Lipinski definition) is 0. The molecule has 0 bridgehead atoms. The fourth-order valence-electron chi connectivity index (χ4n) is 1.94. The van der Waals surface area contributed by atoms with Crippen molar-refractivity contribution in [2.24, 2.45) is 0 Å².